The van der Waals surface area contributed by atoms with Crippen molar-refractivity contribution in [2.75, 3.05) is 27.2 Å². The molecule has 0 spiro atoms. The van der Waals surface area contributed by atoms with Gasteiger partial charge in [0.2, 0.25) is 0 Å². The molecule has 0 radical (unpaired) electrons. The lowest BCUT2D eigenvalue weighted by atomic mass is 10.1. The summed E-state index contributed by atoms with van der Waals surface area (Å²) in [5, 5.41) is 12.1. The number of nitrogens with one attached hydrogen (secondary N) is 1. The highest BCUT2D eigenvalue weighted by Crippen LogP contribution is 2.18. The Balaban J connectivity index is 2.46. The van der Waals surface area contributed by atoms with Crippen molar-refractivity contribution >= 4 is 0 Å². The van der Waals surface area contributed by atoms with Gasteiger partial charge in [0.05, 0.1) is 0 Å². The number of ether oxygens (including phenoxy) is 1. The van der Waals surface area contributed by atoms with Gasteiger partial charge in [-0.1, -0.05) is 12.1 Å². The monoisotopic (exact) mass is 275 g/mol. The predicted molar refractivity (Wildman–Crippen MR) is 81.7 cm³/mol. The second kappa shape index (κ2) is 8.57. The van der Waals surface area contributed by atoms with E-state index in [1.165, 1.54) is 5.56 Å². The van der Waals surface area contributed by atoms with Crippen LogP contribution in [0.15, 0.2) is 24.3 Å². The van der Waals surface area contributed by atoms with Crippen molar-refractivity contribution in [2.24, 2.45) is 0 Å². The molecule has 20 heavy (non-hydrogen) atoms. The van der Waals surface area contributed by atoms with Crippen LogP contribution in [-0.4, -0.2) is 38.2 Å². The fourth-order valence-electron chi connectivity index (χ4n) is 2.03. The van der Waals surface area contributed by atoms with Gasteiger partial charge in [-0.15, -0.1) is 0 Å². The lowest BCUT2D eigenvalue weighted by molar-refractivity contribution is 0.354. The quantitative estimate of drug-likeness (QED) is 0.792. The third-order valence-electron chi connectivity index (χ3n) is 3.23. The van der Waals surface area contributed by atoms with E-state index >= 15 is 0 Å². The van der Waals surface area contributed by atoms with E-state index in [0.29, 0.717) is 12.1 Å². The van der Waals surface area contributed by atoms with Crippen LogP contribution in [0.1, 0.15) is 31.9 Å². The molecule has 0 fully saturated rings. The molecule has 1 rings (SSSR count). The molecule has 1 aromatic carbocycles. The Kier molecular flexibility index (Phi) is 7.06. The van der Waals surface area contributed by atoms with Crippen molar-refractivity contribution in [3.63, 3.8) is 0 Å². The Morgan fingerprint density at radius 2 is 1.90 bits per heavy atom. The molecule has 0 saturated heterocycles. The summed E-state index contributed by atoms with van der Waals surface area (Å²) in [5.74, 6) is 0.739. The molecule has 0 saturated carbocycles. The Bertz CT molecular complexity index is 422. The number of rotatable bonds is 8. The molecule has 0 aliphatic rings. The van der Waals surface area contributed by atoms with Crippen LogP contribution in [0.3, 0.4) is 0 Å². The van der Waals surface area contributed by atoms with Gasteiger partial charge in [0.15, 0.2) is 6.61 Å². The van der Waals surface area contributed by atoms with E-state index in [9.17, 15) is 0 Å². The van der Waals surface area contributed by atoms with Gasteiger partial charge in [-0.25, -0.2) is 0 Å². The van der Waals surface area contributed by atoms with Gasteiger partial charge in [-0.3, -0.25) is 0 Å². The third kappa shape index (κ3) is 6.05. The normalized spacial score (nSPS) is 13.8. The van der Waals surface area contributed by atoms with Crippen molar-refractivity contribution in [2.45, 2.75) is 32.4 Å². The van der Waals surface area contributed by atoms with Crippen LogP contribution in [0.25, 0.3) is 0 Å². The van der Waals surface area contributed by atoms with Gasteiger partial charge >= 0.3 is 0 Å². The zero-order valence-corrected chi connectivity index (χ0v) is 12.9. The largest absolute Gasteiger partial charge is 0.479 e. The summed E-state index contributed by atoms with van der Waals surface area (Å²) in [5.41, 5.74) is 1.23. The number of benzene rings is 1. The van der Waals surface area contributed by atoms with E-state index in [-0.39, 0.29) is 6.61 Å². The van der Waals surface area contributed by atoms with Crippen molar-refractivity contribution in [3.05, 3.63) is 29.8 Å². The smallest absolute Gasteiger partial charge is 0.174 e. The maximum atomic E-state index is 8.47. The van der Waals surface area contributed by atoms with E-state index in [4.69, 9.17) is 10.00 Å². The summed E-state index contributed by atoms with van der Waals surface area (Å²) in [6.45, 7) is 5.55. The lowest BCUT2D eigenvalue weighted by Gasteiger charge is -2.22. The highest BCUT2D eigenvalue weighted by molar-refractivity contribution is 5.29. The molecule has 0 aliphatic heterocycles. The standard InChI is InChI=1S/C16H25N3O/c1-13(9-11-19(3)4)18-14(2)15-5-7-16(8-6-15)20-12-10-17/h5-8,13-14,18H,9,11-12H2,1-4H3. The minimum absolute atomic E-state index is 0.0920. The summed E-state index contributed by atoms with van der Waals surface area (Å²) in [6.07, 6.45) is 1.13. The molecule has 4 heteroatoms. The summed E-state index contributed by atoms with van der Waals surface area (Å²) >= 11 is 0. The molecule has 2 atom stereocenters. The molecule has 0 bridgehead atoms. The zero-order valence-electron chi connectivity index (χ0n) is 12.9. The minimum Gasteiger partial charge on any atom is -0.479 e. The van der Waals surface area contributed by atoms with E-state index in [1.807, 2.05) is 30.3 Å². The van der Waals surface area contributed by atoms with Crippen LogP contribution < -0.4 is 10.1 Å². The van der Waals surface area contributed by atoms with Gasteiger partial charge in [0.1, 0.15) is 11.8 Å². The fourth-order valence-corrected chi connectivity index (χ4v) is 2.03. The minimum atomic E-state index is 0.0920. The zero-order chi connectivity index (χ0) is 15.0. The summed E-state index contributed by atoms with van der Waals surface area (Å²) in [7, 11) is 4.19. The first-order valence-corrected chi connectivity index (χ1v) is 7.03. The topological polar surface area (TPSA) is 48.3 Å². The summed E-state index contributed by atoms with van der Waals surface area (Å²) in [6, 6.07) is 10.7. The van der Waals surface area contributed by atoms with Gasteiger partial charge < -0.3 is 15.0 Å². The SMILES string of the molecule is CC(CCN(C)C)NC(C)c1ccc(OCC#N)cc1. The first-order chi connectivity index (χ1) is 9.52. The van der Waals surface area contributed by atoms with Crippen LogP contribution >= 0.6 is 0 Å². The molecule has 0 aliphatic carbocycles. The molecule has 2 unspecified atom stereocenters. The van der Waals surface area contributed by atoms with Crippen LogP contribution in [0.4, 0.5) is 0 Å². The predicted octanol–water partition coefficient (Wildman–Crippen LogP) is 2.58. The Labute approximate surface area is 122 Å². The molecule has 1 N–H and O–H groups in total. The summed E-state index contributed by atoms with van der Waals surface area (Å²) in [4.78, 5) is 2.20. The lowest BCUT2D eigenvalue weighted by Crippen LogP contribution is -2.31. The number of hydrogen-bond donors (Lipinski definition) is 1. The van der Waals surface area contributed by atoms with Gasteiger partial charge in [0, 0.05) is 12.1 Å². The second-order valence-corrected chi connectivity index (χ2v) is 5.40. The molecule has 0 heterocycles. The van der Waals surface area contributed by atoms with Crippen LogP contribution in [0.5, 0.6) is 5.75 Å². The van der Waals surface area contributed by atoms with E-state index < -0.39 is 0 Å². The van der Waals surface area contributed by atoms with E-state index in [2.05, 4.69) is 38.2 Å². The molecule has 0 aromatic heterocycles. The Morgan fingerprint density at radius 3 is 2.45 bits per heavy atom. The van der Waals surface area contributed by atoms with Crippen LogP contribution in [0, 0.1) is 11.3 Å². The second-order valence-electron chi connectivity index (χ2n) is 5.40. The highest BCUT2D eigenvalue weighted by Gasteiger charge is 2.09. The number of hydrogen-bond acceptors (Lipinski definition) is 4. The Hall–Kier alpha value is -1.57. The van der Waals surface area contributed by atoms with Gasteiger partial charge in [0.25, 0.3) is 0 Å². The molecular formula is C16H25N3O. The Morgan fingerprint density at radius 1 is 1.25 bits per heavy atom. The first kappa shape index (κ1) is 16.5. The first-order valence-electron chi connectivity index (χ1n) is 7.03. The van der Waals surface area contributed by atoms with Gasteiger partial charge in [-0.05, 0) is 58.6 Å². The molecule has 0 amide bonds. The molecule has 1 aromatic rings. The van der Waals surface area contributed by atoms with Crippen LogP contribution in [0.2, 0.25) is 0 Å². The highest BCUT2D eigenvalue weighted by atomic mass is 16.5. The summed E-state index contributed by atoms with van der Waals surface area (Å²) < 4.78 is 5.25. The third-order valence-corrected chi connectivity index (χ3v) is 3.23. The maximum Gasteiger partial charge on any atom is 0.174 e. The van der Waals surface area contributed by atoms with E-state index in [1.54, 1.807) is 0 Å². The van der Waals surface area contributed by atoms with Crippen molar-refractivity contribution < 1.29 is 4.74 Å². The van der Waals surface area contributed by atoms with Crippen LogP contribution in [-0.2, 0) is 0 Å². The van der Waals surface area contributed by atoms with E-state index in [0.717, 1.165) is 18.7 Å². The van der Waals surface area contributed by atoms with Crippen molar-refractivity contribution in [1.82, 2.24) is 10.2 Å². The number of nitrogens with zero attached hydrogens (tertiary/aromatic N) is 2. The van der Waals surface area contributed by atoms with Crippen molar-refractivity contribution in [3.8, 4) is 11.8 Å². The number of nitriles is 1. The molecule has 110 valence electrons. The average Bonchev–Trinajstić information content (AvgIpc) is 2.43. The van der Waals surface area contributed by atoms with Crippen molar-refractivity contribution in [1.29, 1.82) is 5.26 Å². The average molecular weight is 275 g/mol. The maximum absolute atomic E-state index is 8.47. The fraction of sp³-hybridized carbons (Fsp3) is 0.562. The van der Waals surface area contributed by atoms with Gasteiger partial charge in [-0.2, -0.15) is 5.26 Å². The molecule has 4 nitrogen and oxygen atoms in total. The molecular weight excluding hydrogens is 250 g/mol.